The zero-order valence-electron chi connectivity index (χ0n) is 25.7. The first-order valence-electron chi connectivity index (χ1n) is 14.0. The Morgan fingerprint density at radius 3 is 1.74 bits per heavy atom. The number of fused-ring (bicyclic) bond motifs is 2. The average molecular weight is 581 g/mol. The monoisotopic (exact) mass is 580 g/mol. The van der Waals surface area contributed by atoms with Crippen LogP contribution in [-0.4, -0.2) is 48.1 Å². The molecule has 1 aliphatic rings. The van der Waals surface area contributed by atoms with Gasteiger partial charge in [-0.15, -0.1) is 0 Å². The number of ether oxygens (including phenoxy) is 4. The maximum Gasteiger partial charge on any atom is 0.358 e. The molecule has 0 saturated heterocycles. The van der Waals surface area contributed by atoms with Crippen molar-refractivity contribution >= 4 is 39.7 Å². The van der Waals surface area contributed by atoms with Gasteiger partial charge in [-0.25, -0.2) is 14.6 Å². The number of nitrogens with zero attached hydrogens (tertiary/aromatic N) is 1. The summed E-state index contributed by atoms with van der Waals surface area (Å²) in [5, 5.41) is 1.48. The second kappa shape index (κ2) is 11.1. The van der Waals surface area contributed by atoms with E-state index in [-0.39, 0.29) is 5.71 Å². The molecule has 0 fully saturated rings. The Morgan fingerprint density at radius 1 is 0.674 bits per heavy atom. The lowest BCUT2D eigenvalue weighted by atomic mass is 9.93. The third kappa shape index (κ3) is 6.04. The van der Waals surface area contributed by atoms with E-state index in [2.05, 4.69) is 4.98 Å². The SMILES string of the molecule is COc1cc(OC)cc(/C(=C2\N=C(C(=O)OC(C)(C)C)c3ccccc32)c2[nH]c(C(=O)OC(C)(C)C)c3ccccc23)c1. The fraction of sp³-hybridized carbons (Fsp3) is 0.286. The normalized spacial score (nSPS) is 14.2. The van der Waals surface area contributed by atoms with E-state index in [1.54, 1.807) is 20.3 Å². The Hall–Kier alpha value is -4.85. The number of hydrogen-bond acceptors (Lipinski definition) is 7. The molecular weight excluding hydrogens is 544 g/mol. The smallest absolute Gasteiger partial charge is 0.358 e. The largest absolute Gasteiger partial charge is 0.497 e. The first kappa shape index (κ1) is 29.6. The number of benzene rings is 3. The summed E-state index contributed by atoms with van der Waals surface area (Å²) in [5.74, 6) is 0.132. The number of H-pyrrole nitrogens is 1. The van der Waals surface area contributed by atoms with Crippen LogP contribution in [0, 0.1) is 0 Å². The number of esters is 2. The Bertz CT molecular complexity index is 1770. The number of rotatable bonds is 6. The molecule has 3 aromatic carbocycles. The molecule has 222 valence electrons. The summed E-state index contributed by atoms with van der Waals surface area (Å²) in [7, 11) is 3.17. The van der Waals surface area contributed by atoms with E-state index >= 15 is 0 Å². The minimum atomic E-state index is -0.706. The van der Waals surface area contributed by atoms with Gasteiger partial charge in [0.25, 0.3) is 0 Å². The number of carbonyl (C=O) groups is 2. The van der Waals surface area contributed by atoms with Gasteiger partial charge in [-0.2, -0.15) is 0 Å². The fourth-order valence-corrected chi connectivity index (χ4v) is 5.02. The number of aromatic amines is 1. The molecule has 43 heavy (non-hydrogen) atoms. The van der Waals surface area contributed by atoms with Crippen molar-refractivity contribution in [2.24, 2.45) is 4.99 Å². The van der Waals surface area contributed by atoms with Gasteiger partial charge in [0.15, 0.2) is 5.71 Å². The summed E-state index contributed by atoms with van der Waals surface area (Å²) in [6.07, 6.45) is 0. The van der Waals surface area contributed by atoms with Crippen LogP contribution in [0.1, 0.15) is 74.4 Å². The van der Waals surface area contributed by atoms with Crippen molar-refractivity contribution in [1.82, 2.24) is 4.98 Å². The van der Waals surface area contributed by atoms with Crippen molar-refractivity contribution in [3.05, 3.63) is 94.8 Å². The maximum atomic E-state index is 13.4. The van der Waals surface area contributed by atoms with Crippen LogP contribution in [0.3, 0.4) is 0 Å². The van der Waals surface area contributed by atoms with Crippen LogP contribution in [-0.2, 0) is 14.3 Å². The molecule has 5 rings (SSSR count). The molecule has 4 aromatic rings. The Morgan fingerprint density at radius 2 is 1.19 bits per heavy atom. The van der Waals surface area contributed by atoms with Crippen LogP contribution in [0.25, 0.3) is 22.0 Å². The van der Waals surface area contributed by atoms with Crippen molar-refractivity contribution < 1.29 is 28.5 Å². The van der Waals surface area contributed by atoms with Crippen LogP contribution in [0.2, 0.25) is 0 Å². The van der Waals surface area contributed by atoms with E-state index in [1.807, 2.05) is 102 Å². The lowest BCUT2D eigenvalue weighted by Gasteiger charge is -2.19. The average Bonchev–Trinajstić information content (AvgIpc) is 3.51. The van der Waals surface area contributed by atoms with Gasteiger partial charge in [-0.1, -0.05) is 48.5 Å². The van der Waals surface area contributed by atoms with Gasteiger partial charge in [-0.05, 0) is 59.2 Å². The molecule has 0 unspecified atom stereocenters. The zero-order chi connectivity index (χ0) is 31.1. The molecule has 2 heterocycles. The summed E-state index contributed by atoms with van der Waals surface area (Å²) in [6.45, 7) is 10.9. The van der Waals surface area contributed by atoms with Gasteiger partial charge >= 0.3 is 11.9 Å². The molecule has 0 amide bonds. The number of nitrogens with one attached hydrogen (secondary N) is 1. The van der Waals surface area contributed by atoms with Crippen molar-refractivity contribution in [3.8, 4) is 11.5 Å². The molecule has 0 bridgehead atoms. The Balaban J connectivity index is 1.87. The van der Waals surface area contributed by atoms with Crippen LogP contribution in [0.4, 0.5) is 0 Å². The quantitative estimate of drug-likeness (QED) is 0.242. The van der Waals surface area contributed by atoms with E-state index in [9.17, 15) is 9.59 Å². The first-order valence-corrected chi connectivity index (χ1v) is 14.0. The molecular formula is C35H36N2O6. The molecule has 8 heteroatoms. The fourth-order valence-electron chi connectivity index (χ4n) is 5.02. The lowest BCUT2D eigenvalue weighted by Crippen LogP contribution is -2.28. The lowest BCUT2D eigenvalue weighted by molar-refractivity contribution is -0.146. The number of carbonyl (C=O) groups excluding carboxylic acids is 2. The van der Waals surface area contributed by atoms with E-state index in [1.165, 1.54) is 0 Å². The molecule has 0 aliphatic carbocycles. The molecule has 8 nitrogen and oxygen atoms in total. The van der Waals surface area contributed by atoms with Crippen LogP contribution in [0.15, 0.2) is 71.7 Å². The van der Waals surface area contributed by atoms with Gasteiger partial charge in [0.2, 0.25) is 0 Å². The van der Waals surface area contributed by atoms with Crippen molar-refractivity contribution in [3.63, 3.8) is 0 Å². The zero-order valence-corrected chi connectivity index (χ0v) is 25.7. The minimum absolute atomic E-state index is 0.205. The van der Waals surface area contributed by atoms with Crippen molar-refractivity contribution in [2.45, 2.75) is 52.7 Å². The third-order valence-corrected chi connectivity index (χ3v) is 6.70. The van der Waals surface area contributed by atoms with Gasteiger partial charge in [0, 0.05) is 33.5 Å². The molecule has 1 aromatic heterocycles. The second-order valence-electron chi connectivity index (χ2n) is 12.3. The number of hydrogen-bond donors (Lipinski definition) is 1. The van der Waals surface area contributed by atoms with E-state index in [0.717, 1.165) is 10.9 Å². The highest BCUT2D eigenvalue weighted by atomic mass is 16.6. The molecule has 0 spiro atoms. The molecule has 0 atom stereocenters. The summed E-state index contributed by atoms with van der Waals surface area (Å²) >= 11 is 0. The van der Waals surface area contributed by atoms with Gasteiger partial charge in [0.1, 0.15) is 28.4 Å². The maximum absolute atomic E-state index is 13.4. The van der Waals surface area contributed by atoms with E-state index < -0.39 is 23.1 Å². The number of aliphatic imine (C=N–C) groups is 1. The van der Waals surface area contributed by atoms with Crippen LogP contribution in [0.5, 0.6) is 11.5 Å². The van der Waals surface area contributed by atoms with Gasteiger partial charge < -0.3 is 23.9 Å². The summed E-state index contributed by atoms with van der Waals surface area (Å²) in [5.41, 5.74) is 3.05. The van der Waals surface area contributed by atoms with Crippen LogP contribution >= 0.6 is 0 Å². The molecule has 1 aliphatic heterocycles. The predicted molar refractivity (Wildman–Crippen MR) is 168 cm³/mol. The minimum Gasteiger partial charge on any atom is -0.497 e. The van der Waals surface area contributed by atoms with Crippen molar-refractivity contribution in [2.75, 3.05) is 14.2 Å². The topological polar surface area (TPSA) is 99.2 Å². The van der Waals surface area contributed by atoms with Crippen LogP contribution < -0.4 is 9.47 Å². The highest BCUT2D eigenvalue weighted by molar-refractivity contribution is 6.47. The third-order valence-electron chi connectivity index (χ3n) is 6.70. The molecule has 0 saturated carbocycles. The highest BCUT2D eigenvalue weighted by Crippen LogP contribution is 2.43. The van der Waals surface area contributed by atoms with Gasteiger partial charge in [-0.3, -0.25) is 0 Å². The van der Waals surface area contributed by atoms with Crippen molar-refractivity contribution in [1.29, 1.82) is 0 Å². The second-order valence-corrected chi connectivity index (χ2v) is 12.3. The van der Waals surface area contributed by atoms with E-state index in [4.69, 9.17) is 23.9 Å². The molecule has 0 radical (unpaired) electrons. The number of aromatic nitrogens is 1. The summed E-state index contributed by atoms with van der Waals surface area (Å²) in [6, 6.07) is 20.7. The highest BCUT2D eigenvalue weighted by Gasteiger charge is 2.33. The predicted octanol–water partition coefficient (Wildman–Crippen LogP) is 7.20. The Kier molecular flexibility index (Phi) is 7.65. The summed E-state index contributed by atoms with van der Waals surface area (Å²) < 4.78 is 22.7. The van der Waals surface area contributed by atoms with E-state index in [0.29, 0.717) is 50.7 Å². The Labute approximate surface area is 251 Å². The molecule has 1 N–H and O–H groups in total. The first-order chi connectivity index (χ1) is 20.3. The summed E-state index contributed by atoms with van der Waals surface area (Å²) in [4.78, 5) is 35.2. The van der Waals surface area contributed by atoms with Gasteiger partial charge in [0.05, 0.1) is 25.6 Å². The number of methoxy groups -OCH3 is 2. The standard InChI is InChI=1S/C35H36N2O6/c1-34(2,3)42-32(38)30-25-15-11-9-13-23(25)28(36-30)27(20-17-21(40-7)19-22(18-20)41-8)29-24-14-10-12-16-26(24)31(37-29)33(39)43-35(4,5)6/h9-19,36H,1-8H3/b29-27+.